The molecule has 0 aromatic heterocycles. The highest BCUT2D eigenvalue weighted by atomic mass is 16.5. The van der Waals surface area contributed by atoms with E-state index in [4.69, 9.17) is 4.74 Å². The van der Waals surface area contributed by atoms with Crippen LogP contribution in [0.1, 0.15) is 30.0 Å². The zero-order chi connectivity index (χ0) is 14.4. The van der Waals surface area contributed by atoms with E-state index >= 15 is 0 Å². The molecule has 1 saturated heterocycles. The number of piperidine rings is 1. The second-order valence-corrected chi connectivity index (χ2v) is 5.98. The zero-order valence-corrected chi connectivity index (χ0v) is 13.1. The average molecular weight is 276 g/mol. The molecule has 0 amide bonds. The summed E-state index contributed by atoms with van der Waals surface area (Å²) in [7, 11) is 3.86. The Hall–Kier alpha value is -0.900. The molecule has 1 heterocycles. The van der Waals surface area contributed by atoms with Gasteiger partial charge < -0.3 is 15.0 Å². The van der Waals surface area contributed by atoms with Crippen molar-refractivity contribution in [2.75, 3.05) is 40.4 Å². The fraction of sp³-hybridized carbons (Fsp3) is 0.647. The molecule has 3 heteroatoms. The molecule has 0 saturated carbocycles. The van der Waals surface area contributed by atoms with Crippen LogP contribution in [0.3, 0.4) is 0 Å². The third-order valence-corrected chi connectivity index (χ3v) is 4.27. The highest BCUT2D eigenvalue weighted by Crippen LogP contribution is 2.21. The Morgan fingerprint density at radius 1 is 1.35 bits per heavy atom. The lowest BCUT2D eigenvalue weighted by Crippen LogP contribution is -2.41. The van der Waals surface area contributed by atoms with Gasteiger partial charge in [0.25, 0.3) is 0 Å². The van der Waals surface area contributed by atoms with Crippen molar-refractivity contribution in [1.29, 1.82) is 0 Å². The average Bonchev–Trinajstić information content (AvgIpc) is 2.47. The second kappa shape index (κ2) is 7.77. The van der Waals surface area contributed by atoms with Crippen molar-refractivity contribution in [3.05, 3.63) is 35.4 Å². The van der Waals surface area contributed by atoms with E-state index < -0.39 is 0 Å². The van der Waals surface area contributed by atoms with E-state index in [1.807, 2.05) is 7.11 Å². The van der Waals surface area contributed by atoms with E-state index in [1.165, 1.54) is 30.5 Å². The van der Waals surface area contributed by atoms with Crippen LogP contribution in [0.15, 0.2) is 24.3 Å². The van der Waals surface area contributed by atoms with Crippen LogP contribution in [0, 0.1) is 12.8 Å². The molecular formula is C17H28N2O. The number of likely N-dealkylation sites (N-methyl/N-ethyl adjacent to an activating group) is 1. The van der Waals surface area contributed by atoms with E-state index in [1.54, 1.807) is 0 Å². The molecular weight excluding hydrogens is 248 g/mol. The molecule has 2 rings (SSSR count). The third kappa shape index (κ3) is 4.30. The molecule has 3 nitrogen and oxygen atoms in total. The molecule has 0 bridgehead atoms. The van der Waals surface area contributed by atoms with E-state index in [-0.39, 0.29) is 0 Å². The Kier molecular flexibility index (Phi) is 6.02. The smallest absolute Gasteiger partial charge is 0.0502 e. The Bertz CT molecular complexity index is 388. The van der Waals surface area contributed by atoms with E-state index in [9.17, 15) is 0 Å². The second-order valence-electron chi connectivity index (χ2n) is 5.98. The number of hydrogen-bond acceptors (Lipinski definition) is 3. The van der Waals surface area contributed by atoms with Gasteiger partial charge in [-0.1, -0.05) is 29.8 Å². The van der Waals surface area contributed by atoms with Gasteiger partial charge in [0.15, 0.2) is 0 Å². The van der Waals surface area contributed by atoms with Gasteiger partial charge >= 0.3 is 0 Å². The van der Waals surface area contributed by atoms with Crippen molar-refractivity contribution < 1.29 is 4.74 Å². The van der Waals surface area contributed by atoms with Crippen LogP contribution in [0.5, 0.6) is 0 Å². The minimum atomic E-state index is 0.414. The van der Waals surface area contributed by atoms with E-state index in [0.717, 1.165) is 19.7 Å². The molecule has 2 unspecified atom stereocenters. The van der Waals surface area contributed by atoms with E-state index in [2.05, 4.69) is 48.5 Å². The van der Waals surface area contributed by atoms with Crippen LogP contribution >= 0.6 is 0 Å². The first-order valence-electron chi connectivity index (χ1n) is 7.68. The summed E-state index contributed by atoms with van der Waals surface area (Å²) in [6.45, 7) is 6.49. The number of rotatable bonds is 6. The first-order valence-corrected chi connectivity index (χ1v) is 7.68. The van der Waals surface area contributed by atoms with Gasteiger partial charge in [-0.15, -0.1) is 0 Å². The Morgan fingerprint density at radius 2 is 2.10 bits per heavy atom. The Balaban J connectivity index is 1.93. The number of nitrogens with one attached hydrogen (secondary N) is 1. The topological polar surface area (TPSA) is 24.5 Å². The first kappa shape index (κ1) is 15.5. The fourth-order valence-electron chi connectivity index (χ4n) is 3.11. The van der Waals surface area contributed by atoms with Gasteiger partial charge in [0.05, 0.1) is 6.61 Å². The van der Waals surface area contributed by atoms with Gasteiger partial charge in [-0.25, -0.2) is 0 Å². The Labute approximate surface area is 123 Å². The van der Waals surface area contributed by atoms with E-state index in [0.29, 0.717) is 12.0 Å². The molecule has 1 aliphatic heterocycles. The van der Waals surface area contributed by atoms with Gasteiger partial charge in [-0.2, -0.15) is 0 Å². The molecule has 0 aliphatic carbocycles. The van der Waals surface area contributed by atoms with Gasteiger partial charge in [-0.05, 0) is 44.8 Å². The molecule has 2 atom stereocenters. The highest BCUT2D eigenvalue weighted by molar-refractivity contribution is 5.24. The molecule has 0 radical (unpaired) electrons. The summed E-state index contributed by atoms with van der Waals surface area (Å²) < 4.78 is 5.32. The summed E-state index contributed by atoms with van der Waals surface area (Å²) in [4.78, 5) is 2.58. The normalized spacial score (nSPS) is 21.9. The number of benzene rings is 1. The van der Waals surface area contributed by atoms with Crippen LogP contribution in [-0.2, 0) is 4.74 Å². The van der Waals surface area contributed by atoms with Crippen LogP contribution in [0.2, 0.25) is 0 Å². The summed E-state index contributed by atoms with van der Waals surface area (Å²) in [5, 5.41) is 3.46. The van der Waals surface area contributed by atoms with Crippen molar-refractivity contribution in [2.24, 2.45) is 5.92 Å². The number of methoxy groups -OCH3 is 1. The summed E-state index contributed by atoms with van der Waals surface area (Å²) in [5.41, 5.74) is 2.70. The molecule has 112 valence electrons. The van der Waals surface area contributed by atoms with Crippen molar-refractivity contribution in [2.45, 2.75) is 25.8 Å². The largest absolute Gasteiger partial charge is 0.384 e. The van der Waals surface area contributed by atoms with Crippen LogP contribution in [-0.4, -0.2) is 45.3 Å². The minimum absolute atomic E-state index is 0.414. The summed E-state index contributed by atoms with van der Waals surface area (Å²) in [6.07, 6.45) is 2.59. The lowest BCUT2D eigenvalue weighted by Gasteiger charge is -2.34. The number of nitrogens with zero attached hydrogens (tertiary/aromatic N) is 1. The maximum absolute atomic E-state index is 5.32. The van der Waals surface area contributed by atoms with Crippen molar-refractivity contribution in [1.82, 2.24) is 10.2 Å². The molecule has 1 aliphatic rings. The van der Waals surface area contributed by atoms with Gasteiger partial charge in [0, 0.05) is 26.2 Å². The van der Waals surface area contributed by atoms with Crippen molar-refractivity contribution >= 4 is 0 Å². The van der Waals surface area contributed by atoms with Crippen LogP contribution in [0.25, 0.3) is 0 Å². The number of aryl methyl sites for hydroxylation is 1. The van der Waals surface area contributed by atoms with Crippen molar-refractivity contribution in [3.63, 3.8) is 0 Å². The molecule has 0 spiro atoms. The predicted octanol–water partition coefficient (Wildman–Crippen LogP) is 2.61. The zero-order valence-electron chi connectivity index (χ0n) is 13.1. The fourth-order valence-corrected chi connectivity index (χ4v) is 3.11. The lowest BCUT2D eigenvalue weighted by molar-refractivity contribution is 0.0861. The van der Waals surface area contributed by atoms with Crippen LogP contribution in [0.4, 0.5) is 0 Å². The number of likely N-dealkylation sites (tertiary alicyclic amines) is 1. The van der Waals surface area contributed by atoms with Gasteiger partial charge in [-0.3, -0.25) is 0 Å². The Morgan fingerprint density at radius 3 is 2.75 bits per heavy atom. The summed E-state index contributed by atoms with van der Waals surface area (Å²) in [5.74, 6) is 0.698. The van der Waals surface area contributed by atoms with Crippen molar-refractivity contribution in [3.8, 4) is 0 Å². The molecule has 1 aromatic carbocycles. The monoisotopic (exact) mass is 276 g/mol. The SMILES string of the molecule is CNC(CN1CCCC(COC)C1)c1ccc(C)cc1. The molecule has 20 heavy (non-hydrogen) atoms. The van der Waals surface area contributed by atoms with Crippen LogP contribution < -0.4 is 5.32 Å². The highest BCUT2D eigenvalue weighted by Gasteiger charge is 2.22. The summed E-state index contributed by atoms with van der Waals surface area (Å²) in [6, 6.07) is 9.30. The minimum Gasteiger partial charge on any atom is -0.384 e. The molecule has 1 aromatic rings. The maximum atomic E-state index is 5.32. The lowest BCUT2D eigenvalue weighted by atomic mass is 9.97. The number of hydrogen-bond donors (Lipinski definition) is 1. The van der Waals surface area contributed by atoms with Gasteiger partial charge in [0.1, 0.15) is 0 Å². The maximum Gasteiger partial charge on any atom is 0.0502 e. The molecule has 1 N–H and O–H groups in total. The quantitative estimate of drug-likeness (QED) is 0.864. The standard InChI is InChI=1S/C17H28N2O/c1-14-6-8-16(9-7-14)17(18-2)12-19-10-4-5-15(11-19)13-20-3/h6-9,15,17-18H,4-5,10-13H2,1-3H3. The number of ether oxygens (including phenoxy) is 1. The summed E-state index contributed by atoms with van der Waals surface area (Å²) >= 11 is 0. The van der Waals surface area contributed by atoms with Gasteiger partial charge in [0.2, 0.25) is 0 Å². The first-order chi connectivity index (χ1) is 9.72. The third-order valence-electron chi connectivity index (χ3n) is 4.27. The predicted molar refractivity (Wildman–Crippen MR) is 84.0 cm³/mol. The molecule has 1 fully saturated rings.